The van der Waals surface area contributed by atoms with Crippen LogP contribution in [-0.2, 0) is 11.3 Å². The summed E-state index contributed by atoms with van der Waals surface area (Å²) in [4.78, 5) is 16.5. The molecule has 1 aromatic rings. The second-order valence-electron chi connectivity index (χ2n) is 7.75. The van der Waals surface area contributed by atoms with Crippen LogP contribution in [0.2, 0.25) is 0 Å². The highest BCUT2D eigenvalue weighted by Gasteiger charge is 2.30. The molecule has 8 heteroatoms. The molecule has 0 saturated carbocycles. The van der Waals surface area contributed by atoms with Gasteiger partial charge in [-0.05, 0) is 46.1 Å². The van der Waals surface area contributed by atoms with Crippen molar-refractivity contribution in [1.82, 2.24) is 25.7 Å². The highest BCUT2D eigenvalue weighted by Crippen LogP contribution is 2.16. The van der Waals surface area contributed by atoms with Crippen molar-refractivity contribution < 1.29 is 9.53 Å². The van der Waals surface area contributed by atoms with Crippen LogP contribution in [0.3, 0.4) is 0 Å². The third-order valence-electron chi connectivity index (χ3n) is 4.33. The Balaban J connectivity index is 2.55. The Bertz CT molecular complexity index is 614. The van der Waals surface area contributed by atoms with Gasteiger partial charge in [0.25, 0.3) is 0 Å². The minimum Gasteiger partial charge on any atom is -0.444 e. The second-order valence-corrected chi connectivity index (χ2v) is 7.75. The Morgan fingerprint density at radius 2 is 1.93 bits per heavy atom. The lowest BCUT2D eigenvalue weighted by Crippen LogP contribution is -2.57. The zero-order chi connectivity index (χ0) is 20.5. The van der Waals surface area contributed by atoms with Gasteiger partial charge in [0.2, 0.25) is 0 Å². The van der Waals surface area contributed by atoms with Gasteiger partial charge in [-0.1, -0.05) is 13.8 Å². The highest BCUT2D eigenvalue weighted by molar-refractivity contribution is 5.79. The Morgan fingerprint density at radius 1 is 1.26 bits per heavy atom. The molecule has 8 nitrogen and oxygen atoms in total. The van der Waals surface area contributed by atoms with E-state index < -0.39 is 17.2 Å². The van der Waals surface area contributed by atoms with Crippen LogP contribution in [0, 0.1) is 6.92 Å². The van der Waals surface area contributed by atoms with E-state index in [0.29, 0.717) is 19.0 Å². The van der Waals surface area contributed by atoms with Gasteiger partial charge in [0, 0.05) is 26.3 Å². The number of hydrogen-bond acceptors (Lipinski definition) is 4. The molecular formula is C19H36N6O2. The van der Waals surface area contributed by atoms with Crippen LogP contribution in [0.4, 0.5) is 4.79 Å². The van der Waals surface area contributed by atoms with Crippen molar-refractivity contribution >= 4 is 12.1 Å². The smallest absolute Gasteiger partial charge is 0.408 e. The molecule has 0 bridgehead atoms. The topological polar surface area (TPSA) is 92.6 Å². The molecule has 1 rings (SSSR count). The number of aryl methyl sites for hydroxylation is 1. The minimum absolute atomic E-state index is 0.398. The van der Waals surface area contributed by atoms with Gasteiger partial charge in [0.1, 0.15) is 5.60 Å². The zero-order valence-corrected chi connectivity index (χ0v) is 17.8. The number of rotatable bonds is 8. The van der Waals surface area contributed by atoms with Crippen LogP contribution in [0.15, 0.2) is 17.4 Å². The van der Waals surface area contributed by atoms with E-state index in [1.165, 1.54) is 0 Å². The fourth-order valence-corrected chi connectivity index (χ4v) is 2.59. The van der Waals surface area contributed by atoms with E-state index in [9.17, 15) is 4.79 Å². The molecule has 0 aliphatic carbocycles. The number of alkyl carbamates (subject to hydrolysis) is 1. The maximum Gasteiger partial charge on any atom is 0.408 e. The number of nitrogens with one attached hydrogen (secondary N) is 3. The minimum atomic E-state index is -0.521. The van der Waals surface area contributed by atoms with E-state index in [4.69, 9.17) is 4.74 Å². The predicted molar refractivity (Wildman–Crippen MR) is 109 cm³/mol. The van der Waals surface area contributed by atoms with Crippen molar-refractivity contribution in [2.75, 3.05) is 20.1 Å². The lowest BCUT2D eigenvalue weighted by molar-refractivity contribution is 0.0448. The standard InChI is InChI=1S/C19H36N6O2/c1-8-19(9-2,24-17(26)27-18(4,5)6)14-22-16(20-7)21-10-11-25-13-15(3)12-23-25/h12-13H,8-11,14H2,1-7H3,(H,24,26)(H2,20,21,22). The Morgan fingerprint density at radius 3 is 2.41 bits per heavy atom. The molecule has 0 spiro atoms. The first-order valence-corrected chi connectivity index (χ1v) is 9.58. The highest BCUT2D eigenvalue weighted by atomic mass is 16.6. The van der Waals surface area contributed by atoms with E-state index >= 15 is 0 Å². The largest absolute Gasteiger partial charge is 0.444 e. The van der Waals surface area contributed by atoms with Crippen molar-refractivity contribution in [3.63, 3.8) is 0 Å². The SMILES string of the molecule is CCC(CC)(CNC(=NC)NCCn1cc(C)cn1)NC(=O)OC(C)(C)C. The lowest BCUT2D eigenvalue weighted by atomic mass is 9.93. The Kier molecular flexibility index (Phi) is 8.59. The van der Waals surface area contributed by atoms with E-state index in [-0.39, 0.29) is 0 Å². The van der Waals surface area contributed by atoms with Gasteiger partial charge in [-0.2, -0.15) is 5.10 Å². The number of aliphatic imine (C=N–C) groups is 1. The first-order valence-electron chi connectivity index (χ1n) is 9.58. The van der Waals surface area contributed by atoms with Crippen LogP contribution in [-0.4, -0.2) is 53.1 Å². The van der Waals surface area contributed by atoms with Crippen molar-refractivity contribution in [3.8, 4) is 0 Å². The van der Waals surface area contributed by atoms with Crippen LogP contribution in [0.1, 0.15) is 53.0 Å². The van der Waals surface area contributed by atoms with Crippen molar-refractivity contribution in [1.29, 1.82) is 0 Å². The number of aromatic nitrogens is 2. The molecule has 1 aromatic heterocycles. The number of carbonyl (C=O) groups is 1. The summed E-state index contributed by atoms with van der Waals surface area (Å²) in [5.41, 5.74) is 0.216. The van der Waals surface area contributed by atoms with Gasteiger partial charge >= 0.3 is 6.09 Å². The van der Waals surface area contributed by atoms with Gasteiger partial charge < -0.3 is 20.7 Å². The molecule has 154 valence electrons. The number of amides is 1. The molecule has 0 fully saturated rings. The lowest BCUT2D eigenvalue weighted by Gasteiger charge is -2.34. The molecule has 0 saturated heterocycles. The van der Waals surface area contributed by atoms with E-state index in [2.05, 4.69) is 39.9 Å². The quantitative estimate of drug-likeness (QED) is 0.476. The van der Waals surface area contributed by atoms with Crippen molar-refractivity contribution in [3.05, 3.63) is 18.0 Å². The molecule has 1 heterocycles. The molecule has 0 aliphatic rings. The number of guanidine groups is 1. The van der Waals surface area contributed by atoms with Gasteiger partial charge in [-0.3, -0.25) is 9.67 Å². The summed E-state index contributed by atoms with van der Waals surface area (Å²) in [5, 5.41) is 13.9. The summed E-state index contributed by atoms with van der Waals surface area (Å²) < 4.78 is 7.30. The number of hydrogen-bond donors (Lipinski definition) is 3. The van der Waals surface area contributed by atoms with Crippen molar-refractivity contribution in [2.24, 2.45) is 4.99 Å². The summed E-state index contributed by atoms with van der Waals surface area (Å²) in [5.74, 6) is 0.691. The molecule has 1 amide bonds. The molecule has 27 heavy (non-hydrogen) atoms. The maximum atomic E-state index is 12.2. The fraction of sp³-hybridized carbons (Fsp3) is 0.737. The van der Waals surface area contributed by atoms with E-state index in [0.717, 1.165) is 24.9 Å². The number of nitrogens with zero attached hydrogens (tertiary/aromatic N) is 3. The monoisotopic (exact) mass is 380 g/mol. The Labute approximate surface area is 163 Å². The number of ether oxygens (including phenoxy) is 1. The molecule has 0 unspecified atom stereocenters. The van der Waals surface area contributed by atoms with Gasteiger partial charge in [-0.25, -0.2) is 4.79 Å². The predicted octanol–water partition coefficient (Wildman–Crippen LogP) is 2.44. The van der Waals surface area contributed by atoms with Gasteiger partial charge in [-0.15, -0.1) is 0 Å². The van der Waals surface area contributed by atoms with Crippen molar-refractivity contribution in [2.45, 2.75) is 72.1 Å². The summed E-state index contributed by atoms with van der Waals surface area (Å²) in [6, 6.07) is 0. The van der Waals surface area contributed by atoms with Crippen LogP contribution in [0.5, 0.6) is 0 Å². The number of carbonyl (C=O) groups excluding carboxylic acids is 1. The Hall–Kier alpha value is -2.25. The molecule has 0 radical (unpaired) electrons. The van der Waals surface area contributed by atoms with Crippen LogP contribution < -0.4 is 16.0 Å². The summed E-state index contributed by atoms with van der Waals surface area (Å²) in [6.07, 6.45) is 5.00. The third kappa shape index (κ3) is 8.32. The third-order valence-corrected chi connectivity index (χ3v) is 4.33. The fourth-order valence-electron chi connectivity index (χ4n) is 2.59. The first-order chi connectivity index (χ1) is 12.6. The van der Waals surface area contributed by atoms with Gasteiger partial charge in [0.05, 0.1) is 18.3 Å². The van der Waals surface area contributed by atoms with E-state index in [1.807, 2.05) is 44.8 Å². The zero-order valence-electron chi connectivity index (χ0n) is 17.8. The summed E-state index contributed by atoms with van der Waals surface area (Å²) in [6.45, 7) is 13.7. The maximum absolute atomic E-state index is 12.2. The summed E-state index contributed by atoms with van der Waals surface area (Å²) >= 11 is 0. The molecule has 0 aliphatic heterocycles. The average molecular weight is 381 g/mol. The normalized spacial score (nSPS) is 12.6. The van der Waals surface area contributed by atoms with Crippen LogP contribution >= 0.6 is 0 Å². The molecule has 3 N–H and O–H groups in total. The first kappa shape index (κ1) is 22.8. The van der Waals surface area contributed by atoms with Gasteiger partial charge in [0.15, 0.2) is 5.96 Å². The summed E-state index contributed by atoms with van der Waals surface area (Å²) in [7, 11) is 1.73. The molecule has 0 atom stereocenters. The van der Waals surface area contributed by atoms with Crippen LogP contribution in [0.25, 0.3) is 0 Å². The second kappa shape index (κ2) is 10.2. The molecule has 0 aromatic carbocycles. The molecular weight excluding hydrogens is 344 g/mol. The average Bonchev–Trinajstić information content (AvgIpc) is 3.00. The van der Waals surface area contributed by atoms with E-state index in [1.54, 1.807) is 7.05 Å².